The van der Waals surface area contributed by atoms with Crippen molar-refractivity contribution < 1.29 is 19.5 Å². The summed E-state index contributed by atoms with van der Waals surface area (Å²) in [5, 5.41) is 19.9. The van der Waals surface area contributed by atoms with Crippen LogP contribution in [-0.4, -0.2) is 29.3 Å². The molecule has 0 heterocycles. The van der Waals surface area contributed by atoms with E-state index in [1.54, 1.807) is 13.8 Å². The number of benzene rings is 1. The molecule has 2 unspecified atom stereocenters. The molecule has 0 bridgehead atoms. The van der Waals surface area contributed by atoms with Gasteiger partial charge in [0.05, 0.1) is 24.2 Å². The summed E-state index contributed by atoms with van der Waals surface area (Å²) < 4.78 is 10.4. The van der Waals surface area contributed by atoms with E-state index in [1.165, 1.54) is 25.3 Å². The summed E-state index contributed by atoms with van der Waals surface area (Å²) in [5.41, 5.74) is -0.0705. The van der Waals surface area contributed by atoms with Crippen molar-refractivity contribution in [2.75, 3.05) is 7.11 Å². The molecule has 94 valence electrons. The largest absolute Gasteiger partial charge is 0.493 e. The van der Waals surface area contributed by atoms with E-state index in [4.69, 9.17) is 9.47 Å². The lowest BCUT2D eigenvalue weighted by atomic mass is 10.2. The number of aliphatic hydroxyl groups is 1. The highest BCUT2D eigenvalue weighted by atomic mass is 16.6. The molecule has 1 aromatic carbocycles. The van der Waals surface area contributed by atoms with Gasteiger partial charge in [-0.25, -0.2) is 0 Å². The van der Waals surface area contributed by atoms with Crippen LogP contribution in [0.5, 0.6) is 11.5 Å². The van der Waals surface area contributed by atoms with E-state index < -0.39 is 17.1 Å². The van der Waals surface area contributed by atoms with Gasteiger partial charge in [-0.2, -0.15) is 0 Å². The van der Waals surface area contributed by atoms with Crippen molar-refractivity contribution in [3.05, 3.63) is 28.3 Å². The van der Waals surface area contributed by atoms with Crippen LogP contribution in [0.15, 0.2) is 18.2 Å². The SMILES string of the molecule is COc1cc([N+](=O)[O-])ccc1OC(C)C(C)O. The number of nitrogens with zero attached hydrogens (tertiary/aromatic N) is 1. The van der Waals surface area contributed by atoms with Crippen LogP contribution in [0.2, 0.25) is 0 Å². The van der Waals surface area contributed by atoms with Gasteiger partial charge in [-0.1, -0.05) is 0 Å². The van der Waals surface area contributed by atoms with E-state index in [0.717, 1.165) is 0 Å². The van der Waals surface area contributed by atoms with Gasteiger partial charge in [-0.3, -0.25) is 10.1 Å². The van der Waals surface area contributed by atoms with E-state index in [1.807, 2.05) is 0 Å². The van der Waals surface area contributed by atoms with Crippen molar-refractivity contribution in [1.29, 1.82) is 0 Å². The highest BCUT2D eigenvalue weighted by Gasteiger charge is 2.16. The third-order valence-electron chi connectivity index (χ3n) is 2.35. The summed E-state index contributed by atoms with van der Waals surface area (Å²) in [6.07, 6.45) is -1.07. The van der Waals surface area contributed by atoms with Crippen molar-refractivity contribution >= 4 is 5.69 Å². The lowest BCUT2D eigenvalue weighted by molar-refractivity contribution is -0.385. The van der Waals surface area contributed by atoms with Crippen LogP contribution in [0.25, 0.3) is 0 Å². The molecule has 2 atom stereocenters. The molecule has 0 aliphatic rings. The number of methoxy groups -OCH3 is 1. The number of ether oxygens (including phenoxy) is 2. The van der Waals surface area contributed by atoms with E-state index in [-0.39, 0.29) is 11.4 Å². The predicted molar refractivity (Wildman–Crippen MR) is 61.4 cm³/mol. The van der Waals surface area contributed by atoms with Crippen LogP contribution in [0.3, 0.4) is 0 Å². The molecule has 0 fully saturated rings. The third-order valence-corrected chi connectivity index (χ3v) is 2.35. The van der Waals surface area contributed by atoms with Gasteiger partial charge in [-0.15, -0.1) is 0 Å². The minimum absolute atomic E-state index is 0.0705. The zero-order valence-corrected chi connectivity index (χ0v) is 9.91. The van der Waals surface area contributed by atoms with Crippen LogP contribution in [0.4, 0.5) is 5.69 Å². The summed E-state index contributed by atoms with van der Waals surface area (Å²) in [5.74, 6) is 0.637. The second kappa shape index (κ2) is 5.49. The van der Waals surface area contributed by atoms with Crippen LogP contribution in [-0.2, 0) is 0 Å². The Morgan fingerprint density at radius 2 is 2.00 bits per heavy atom. The van der Waals surface area contributed by atoms with Crippen molar-refractivity contribution in [2.45, 2.75) is 26.1 Å². The van der Waals surface area contributed by atoms with Gasteiger partial charge in [-0.05, 0) is 19.9 Å². The predicted octanol–water partition coefficient (Wildman–Crippen LogP) is 1.75. The van der Waals surface area contributed by atoms with Crippen molar-refractivity contribution in [3.63, 3.8) is 0 Å². The number of rotatable bonds is 5. The van der Waals surface area contributed by atoms with Crippen molar-refractivity contribution in [1.82, 2.24) is 0 Å². The molecule has 0 aliphatic carbocycles. The van der Waals surface area contributed by atoms with Gasteiger partial charge in [0.15, 0.2) is 11.5 Å². The average Bonchev–Trinajstić information content (AvgIpc) is 2.28. The number of hydrogen-bond donors (Lipinski definition) is 1. The van der Waals surface area contributed by atoms with Crippen LogP contribution >= 0.6 is 0 Å². The van der Waals surface area contributed by atoms with E-state index in [0.29, 0.717) is 5.75 Å². The standard InChI is InChI=1S/C11H15NO5/c1-7(13)8(2)17-10-5-4-9(12(14)15)6-11(10)16-3/h4-8,13H,1-3H3. The first-order valence-electron chi connectivity index (χ1n) is 5.13. The maximum atomic E-state index is 10.6. The zero-order valence-electron chi connectivity index (χ0n) is 9.91. The topological polar surface area (TPSA) is 81.8 Å². The highest BCUT2D eigenvalue weighted by molar-refractivity contribution is 5.48. The molecule has 17 heavy (non-hydrogen) atoms. The molecule has 0 aliphatic heterocycles. The Morgan fingerprint density at radius 3 is 2.47 bits per heavy atom. The molecule has 0 spiro atoms. The van der Waals surface area contributed by atoms with Crippen LogP contribution in [0, 0.1) is 10.1 Å². The fourth-order valence-corrected chi connectivity index (χ4v) is 1.17. The quantitative estimate of drug-likeness (QED) is 0.627. The van der Waals surface area contributed by atoms with Gasteiger partial charge < -0.3 is 14.6 Å². The molecule has 6 heteroatoms. The van der Waals surface area contributed by atoms with E-state index in [2.05, 4.69) is 0 Å². The summed E-state index contributed by atoms with van der Waals surface area (Å²) in [7, 11) is 1.40. The Bertz CT molecular complexity index is 405. The smallest absolute Gasteiger partial charge is 0.273 e. The fourth-order valence-electron chi connectivity index (χ4n) is 1.17. The van der Waals surface area contributed by atoms with Gasteiger partial charge in [0.2, 0.25) is 0 Å². The average molecular weight is 241 g/mol. The minimum Gasteiger partial charge on any atom is -0.493 e. The highest BCUT2D eigenvalue weighted by Crippen LogP contribution is 2.32. The Morgan fingerprint density at radius 1 is 1.35 bits per heavy atom. The number of hydrogen-bond acceptors (Lipinski definition) is 5. The number of nitro benzene ring substituents is 1. The molecule has 6 nitrogen and oxygen atoms in total. The summed E-state index contributed by atoms with van der Waals surface area (Å²) in [6, 6.07) is 4.06. The first-order chi connectivity index (χ1) is 7.95. The second-order valence-corrected chi connectivity index (χ2v) is 3.66. The maximum absolute atomic E-state index is 10.6. The molecule has 0 saturated carbocycles. The minimum atomic E-state index is -0.644. The summed E-state index contributed by atoms with van der Waals surface area (Å²) in [6.45, 7) is 3.30. The van der Waals surface area contributed by atoms with Gasteiger partial charge in [0.25, 0.3) is 5.69 Å². The van der Waals surface area contributed by atoms with Crippen molar-refractivity contribution in [2.24, 2.45) is 0 Å². The molecule has 0 aromatic heterocycles. The Hall–Kier alpha value is -1.82. The summed E-state index contributed by atoms with van der Waals surface area (Å²) in [4.78, 5) is 10.1. The Balaban J connectivity index is 2.96. The third kappa shape index (κ3) is 3.32. The molecule has 0 saturated heterocycles. The first-order valence-corrected chi connectivity index (χ1v) is 5.13. The lowest BCUT2D eigenvalue weighted by Gasteiger charge is -2.18. The molecule has 0 radical (unpaired) electrons. The van der Waals surface area contributed by atoms with Crippen LogP contribution < -0.4 is 9.47 Å². The number of aliphatic hydroxyl groups excluding tert-OH is 1. The molecule has 1 aromatic rings. The lowest BCUT2D eigenvalue weighted by Crippen LogP contribution is -2.25. The van der Waals surface area contributed by atoms with Gasteiger partial charge >= 0.3 is 0 Å². The Kier molecular flexibility index (Phi) is 4.28. The van der Waals surface area contributed by atoms with E-state index in [9.17, 15) is 15.2 Å². The van der Waals surface area contributed by atoms with Gasteiger partial charge in [0.1, 0.15) is 6.10 Å². The molecule has 1 rings (SSSR count). The monoisotopic (exact) mass is 241 g/mol. The number of nitro groups is 1. The van der Waals surface area contributed by atoms with Crippen molar-refractivity contribution in [3.8, 4) is 11.5 Å². The Labute approximate surface area is 98.9 Å². The number of non-ortho nitro benzene ring substituents is 1. The molecule has 0 amide bonds. The molecular formula is C11H15NO5. The normalized spacial score (nSPS) is 13.9. The van der Waals surface area contributed by atoms with Gasteiger partial charge in [0, 0.05) is 6.07 Å². The second-order valence-electron chi connectivity index (χ2n) is 3.66. The first kappa shape index (κ1) is 13.2. The zero-order chi connectivity index (χ0) is 13.0. The fraction of sp³-hybridized carbons (Fsp3) is 0.455. The summed E-state index contributed by atoms with van der Waals surface area (Å²) >= 11 is 0. The van der Waals surface area contributed by atoms with E-state index >= 15 is 0 Å². The molecule has 1 N–H and O–H groups in total. The van der Waals surface area contributed by atoms with Crippen LogP contribution in [0.1, 0.15) is 13.8 Å². The molecular weight excluding hydrogens is 226 g/mol. The maximum Gasteiger partial charge on any atom is 0.273 e.